The second-order valence-corrected chi connectivity index (χ2v) is 14.0. The van der Waals surface area contributed by atoms with Gasteiger partial charge in [0.2, 0.25) is 26.0 Å². The Morgan fingerprint density at radius 1 is 0.900 bits per heavy atom. The Labute approximate surface area is 243 Å². The lowest BCUT2D eigenvalue weighted by molar-refractivity contribution is -0.121. The van der Waals surface area contributed by atoms with Gasteiger partial charge in [-0.3, -0.25) is 4.79 Å². The molecule has 1 heterocycles. The van der Waals surface area contributed by atoms with Crippen LogP contribution in [0.5, 0.6) is 0 Å². The zero-order chi connectivity index (χ0) is 28.9. The van der Waals surface area contributed by atoms with Gasteiger partial charge in [-0.2, -0.15) is 8.61 Å². The monoisotopic (exact) mass is 627 g/mol. The van der Waals surface area contributed by atoms with Crippen molar-refractivity contribution in [2.45, 2.75) is 35.6 Å². The summed E-state index contributed by atoms with van der Waals surface area (Å²) in [5, 5.41) is 3.05. The second kappa shape index (κ2) is 13.0. The van der Waals surface area contributed by atoms with Crippen molar-refractivity contribution in [3.8, 4) is 0 Å². The van der Waals surface area contributed by atoms with Crippen molar-refractivity contribution >= 4 is 49.2 Å². The highest BCUT2D eigenvalue weighted by molar-refractivity contribution is 7.89. The maximum atomic E-state index is 14.5. The summed E-state index contributed by atoms with van der Waals surface area (Å²) in [7, 11) is -7.74. The fourth-order valence-electron chi connectivity index (χ4n) is 4.31. The molecule has 0 aliphatic carbocycles. The average Bonchev–Trinajstić information content (AvgIpc) is 3.47. The van der Waals surface area contributed by atoms with Crippen LogP contribution in [0.4, 0.5) is 4.39 Å². The molecule has 4 rings (SSSR count). The first-order valence-corrected chi connectivity index (χ1v) is 16.2. The number of rotatable bonds is 11. The Bertz CT molecular complexity index is 1540. The summed E-state index contributed by atoms with van der Waals surface area (Å²) in [5.74, 6) is -1.29. The molecule has 1 aliphatic heterocycles. The largest absolute Gasteiger partial charge is 0.355 e. The molecular formula is C27H28Cl2FN3O5S2. The number of hydrogen-bond acceptors (Lipinski definition) is 5. The Morgan fingerprint density at radius 3 is 2.15 bits per heavy atom. The number of carbonyl (C=O) groups is 1. The quantitative estimate of drug-likeness (QED) is 0.338. The van der Waals surface area contributed by atoms with Crippen LogP contribution in [0, 0.1) is 5.82 Å². The maximum absolute atomic E-state index is 14.5. The first-order valence-electron chi connectivity index (χ1n) is 12.5. The van der Waals surface area contributed by atoms with Crippen LogP contribution in [0.25, 0.3) is 0 Å². The van der Waals surface area contributed by atoms with E-state index < -0.39 is 44.9 Å². The minimum Gasteiger partial charge on any atom is -0.355 e. The van der Waals surface area contributed by atoms with Gasteiger partial charge in [-0.05, 0) is 73.4 Å². The van der Waals surface area contributed by atoms with Gasteiger partial charge in [0.1, 0.15) is 5.82 Å². The predicted octanol–water partition coefficient (Wildman–Crippen LogP) is 4.47. The summed E-state index contributed by atoms with van der Waals surface area (Å²) in [4.78, 5) is 12.9. The Hall–Kier alpha value is -2.54. The first kappa shape index (κ1) is 30.4. The van der Waals surface area contributed by atoms with Crippen LogP contribution in [0.1, 0.15) is 24.0 Å². The van der Waals surface area contributed by atoms with Gasteiger partial charge < -0.3 is 5.32 Å². The van der Waals surface area contributed by atoms with E-state index >= 15 is 0 Å². The molecule has 3 aromatic carbocycles. The van der Waals surface area contributed by atoms with Gasteiger partial charge in [0, 0.05) is 41.8 Å². The van der Waals surface area contributed by atoms with Gasteiger partial charge >= 0.3 is 0 Å². The number of carbonyl (C=O) groups excluding carboxylic acids is 1. The molecule has 214 valence electrons. The minimum atomic E-state index is -4.22. The van der Waals surface area contributed by atoms with E-state index in [1.807, 2.05) is 0 Å². The second-order valence-electron chi connectivity index (χ2n) is 9.28. The number of hydrogen-bond donors (Lipinski definition) is 1. The molecule has 0 radical (unpaired) electrons. The van der Waals surface area contributed by atoms with E-state index in [1.54, 1.807) is 24.3 Å². The molecule has 13 heteroatoms. The zero-order valence-corrected chi connectivity index (χ0v) is 24.5. The molecule has 0 saturated carbocycles. The lowest BCUT2D eigenvalue weighted by Crippen LogP contribution is -2.41. The minimum absolute atomic E-state index is 0.0342. The summed E-state index contributed by atoms with van der Waals surface area (Å²) >= 11 is 12.0. The standard InChI is InChI=1S/C27H28Cl2FN3O5S2/c28-21-8-12-23(13-9-21)40(37,38)33(18-24-25(29)4-3-5-26(24)30)19-27(34)31-15-14-20-6-10-22(11-7-20)39(35,36)32-16-1-2-17-32/h3-13H,1-2,14-19H2,(H,31,34). The number of halogens is 3. The van der Waals surface area contributed by atoms with Crippen LogP contribution in [-0.2, 0) is 37.8 Å². The van der Waals surface area contributed by atoms with E-state index in [9.17, 15) is 26.0 Å². The van der Waals surface area contributed by atoms with E-state index in [-0.39, 0.29) is 26.9 Å². The molecule has 1 fully saturated rings. The lowest BCUT2D eigenvalue weighted by atomic mass is 10.1. The van der Waals surface area contributed by atoms with Crippen molar-refractivity contribution in [2.75, 3.05) is 26.2 Å². The molecule has 0 aromatic heterocycles. The third kappa shape index (κ3) is 7.20. The van der Waals surface area contributed by atoms with Crippen molar-refractivity contribution in [1.29, 1.82) is 0 Å². The molecular weight excluding hydrogens is 600 g/mol. The van der Waals surface area contributed by atoms with E-state index in [4.69, 9.17) is 23.2 Å². The molecule has 0 atom stereocenters. The molecule has 40 heavy (non-hydrogen) atoms. The first-order chi connectivity index (χ1) is 19.0. The highest BCUT2D eigenvalue weighted by atomic mass is 35.5. The van der Waals surface area contributed by atoms with Gasteiger partial charge in [-0.15, -0.1) is 0 Å². The lowest BCUT2D eigenvalue weighted by Gasteiger charge is -2.23. The normalized spacial score (nSPS) is 14.5. The highest BCUT2D eigenvalue weighted by Gasteiger charge is 2.29. The summed E-state index contributed by atoms with van der Waals surface area (Å²) in [6.07, 6.45) is 2.09. The summed E-state index contributed by atoms with van der Waals surface area (Å²) in [5.41, 5.74) is 0.739. The molecule has 3 aromatic rings. The summed E-state index contributed by atoms with van der Waals surface area (Å²) < 4.78 is 69.0. The third-order valence-electron chi connectivity index (χ3n) is 6.53. The predicted molar refractivity (Wildman–Crippen MR) is 152 cm³/mol. The Kier molecular flexibility index (Phi) is 9.86. The number of sulfonamides is 2. The number of nitrogens with zero attached hydrogens (tertiary/aromatic N) is 2. The Balaban J connectivity index is 1.42. The van der Waals surface area contributed by atoms with E-state index in [2.05, 4.69) is 5.32 Å². The fraction of sp³-hybridized carbons (Fsp3) is 0.296. The molecule has 1 aliphatic rings. The highest BCUT2D eigenvalue weighted by Crippen LogP contribution is 2.25. The van der Waals surface area contributed by atoms with Crippen molar-refractivity contribution in [3.63, 3.8) is 0 Å². The van der Waals surface area contributed by atoms with Gasteiger partial charge in [-0.25, -0.2) is 21.2 Å². The van der Waals surface area contributed by atoms with Crippen molar-refractivity contribution in [1.82, 2.24) is 13.9 Å². The molecule has 8 nitrogen and oxygen atoms in total. The number of nitrogens with one attached hydrogen (secondary N) is 1. The molecule has 0 unspecified atom stereocenters. The topological polar surface area (TPSA) is 104 Å². The summed E-state index contributed by atoms with van der Waals surface area (Å²) in [6.45, 7) is 0.166. The average molecular weight is 629 g/mol. The van der Waals surface area contributed by atoms with Crippen molar-refractivity contribution < 1.29 is 26.0 Å². The number of amides is 1. The maximum Gasteiger partial charge on any atom is 0.243 e. The smallest absolute Gasteiger partial charge is 0.243 e. The van der Waals surface area contributed by atoms with Crippen LogP contribution in [-0.4, -0.2) is 57.5 Å². The van der Waals surface area contributed by atoms with Crippen molar-refractivity contribution in [2.24, 2.45) is 0 Å². The summed E-state index contributed by atoms with van der Waals surface area (Å²) in [6, 6.07) is 15.9. The van der Waals surface area contributed by atoms with Crippen LogP contribution in [0.15, 0.2) is 76.5 Å². The SMILES string of the molecule is O=C(CN(Cc1c(F)cccc1Cl)S(=O)(=O)c1ccc(Cl)cc1)NCCc1ccc(S(=O)(=O)N2CCCC2)cc1. The third-order valence-corrected chi connectivity index (χ3v) is 10.9. The molecule has 1 saturated heterocycles. The zero-order valence-electron chi connectivity index (χ0n) is 21.4. The Morgan fingerprint density at radius 2 is 1.52 bits per heavy atom. The van der Waals surface area contributed by atoms with Crippen molar-refractivity contribution in [3.05, 3.63) is 93.7 Å². The van der Waals surface area contributed by atoms with Crippen LogP contribution in [0.2, 0.25) is 10.0 Å². The number of benzene rings is 3. The van der Waals surface area contributed by atoms with Gasteiger partial charge in [-0.1, -0.05) is 41.4 Å². The molecule has 1 amide bonds. The van der Waals surface area contributed by atoms with Crippen LogP contribution >= 0.6 is 23.2 Å². The van der Waals surface area contributed by atoms with Gasteiger partial charge in [0.05, 0.1) is 16.3 Å². The van der Waals surface area contributed by atoms with E-state index in [0.717, 1.165) is 28.8 Å². The molecule has 0 bridgehead atoms. The fourth-order valence-corrected chi connectivity index (χ4v) is 7.54. The van der Waals surface area contributed by atoms with Gasteiger partial charge in [0.25, 0.3) is 0 Å². The van der Waals surface area contributed by atoms with Gasteiger partial charge in [0.15, 0.2) is 0 Å². The van der Waals surface area contributed by atoms with E-state index in [1.165, 1.54) is 40.7 Å². The van der Waals surface area contributed by atoms with Crippen LogP contribution < -0.4 is 5.32 Å². The molecule has 0 spiro atoms. The molecule has 1 N–H and O–H groups in total. The van der Waals surface area contributed by atoms with Crippen LogP contribution in [0.3, 0.4) is 0 Å². The van der Waals surface area contributed by atoms with E-state index in [0.29, 0.717) is 24.5 Å².